The van der Waals surface area contributed by atoms with Crippen LogP contribution in [0, 0.1) is 0 Å². The van der Waals surface area contributed by atoms with Gasteiger partial charge in [-0.3, -0.25) is 9.78 Å². The number of pyridine rings is 1. The van der Waals surface area contributed by atoms with E-state index in [4.69, 9.17) is 4.74 Å². The Morgan fingerprint density at radius 2 is 2.08 bits per heavy atom. The third kappa shape index (κ3) is 3.50. The predicted molar refractivity (Wildman–Crippen MR) is 94.3 cm³/mol. The van der Waals surface area contributed by atoms with Crippen molar-refractivity contribution in [2.75, 3.05) is 31.6 Å². The Balaban J connectivity index is 1.66. The molecular formula is C19H23N3O2. The first-order chi connectivity index (χ1) is 11.7. The lowest BCUT2D eigenvalue weighted by atomic mass is 10.1. The summed E-state index contributed by atoms with van der Waals surface area (Å²) in [5.74, 6) is 1.04. The molecule has 0 aliphatic carbocycles. The van der Waals surface area contributed by atoms with Gasteiger partial charge in [0.1, 0.15) is 5.75 Å². The molecule has 2 heterocycles. The number of carbonyl (C=O) groups is 1. The molecule has 1 aliphatic heterocycles. The fourth-order valence-corrected chi connectivity index (χ4v) is 3.22. The number of ether oxygens (including phenoxy) is 1. The summed E-state index contributed by atoms with van der Waals surface area (Å²) in [5, 5.41) is 0. The Morgan fingerprint density at radius 3 is 2.79 bits per heavy atom. The van der Waals surface area contributed by atoms with Crippen molar-refractivity contribution in [3.8, 4) is 5.75 Å². The molecule has 1 aliphatic rings. The van der Waals surface area contributed by atoms with E-state index in [2.05, 4.69) is 22.9 Å². The molecule has 5 nitrogen and oxygen atoms in total. The van der Waals surface area contributed by atoms with Crippen molar-refractivity contribution in [3.63, 3.8) is 0 Å². The predicted octanol–water partition coefficient (Wildman–Crippen LogP) is 2.37. The van der Waals surface area contributed by atoms with E-state index in [9.17, 15) is 4.79 Å². The van der Waals surface area contributed by atoms with E-state index in [0.717, 1.165) is 36.6 Å². The van der Waals surface area contributed by atoms with E-state index < -0.39 is 0 Å². The third-order valence-corrected chi connectivity index (χ3v) is 4.45. The summed E-state index contributed by atoms with van der Waals surface area (Å²) in [5.41, 5.74) is 2.05. The molecule has 0 radical (unpaired) electrons. The Morgan fingerprint density at radius 1 is 1.25 bits per heavy atom. The number of benzene rings is 1. The van der Waals surface area contributed by atoms with Gasteiger partial charge in [0.25, 0.3) is 0 Å². The number of hydrogen-bond donors (Lipinski definition) is 0. The smallest absolute Gasteiger partial charge is 0.227 e. The molecule has 24 heavy (non-hydrogen) atoms. The quantitative estimate of drug-likeness (QED) is 0.866. The molecule has 1 fully saturated rings. The molecule has 2 aromatic rings. The second-order valence-corrected chi connectivity index (χ2v) is 6.09. The average molecular weight is 325 g/mol. The summed E-state index contributed by atoms with van der Waals surface area (Å²) < 4.78 is 5.46. The van der Waals surface area contributed by atoms with Gasteiger partial charge in [-0.15, -0.1) is 0 Å². The molecular weight excluding hydrogens is 302 g/mol. The minimum absolute atomic E-state index is 0.160. The summed E-state index contributed by atoms with van der Waals surface area (Å²) in [7, 11) is 1.69. The van der Waals surface area contributed by atoms with Gasteiger partial charge in [0.05, 0.1) is 19.2 Å². The molecule has 1 saturated heterocycles. The summed E-state index contributed by atoms with van der Waals surface area (Å²) in [6.45, 7) is 4.43. The van der Waals surface area contributed by atoms with Gasteiger partial charge in [0.15, 0.2) is 0 Å². The Kier molecular flexibility index (Phi) is 4.99. The summed E-state index contributed by atoms with van der Waals surface area (Å²) in [4.78, 5) is 20.9. The number of aromatic nitrogens is 1. The van der Waals surface area contributed by atoms with Gasteiger partial charge < -0.3 is 14.5 Å². The normalized spacial score (nSPS) is 17.7. The van der Waals surface area contributed by atoms with Crippen molar-refractivity contribution in [3.05, 3.63) is 54.4 Å². The van der Waals surface area contributed by atoms with Gasteiger partial charge in [-0.25, -0.2) is 0 Å². The molecule has 5 heteroatoms. The molecule has 0 bridgehead atoms. The van der Waals surface area contributed by atoms with Gasteiger partial charge >= 0.3 is 0 Å². The highest BCUT2D eigenvalue weighted by molar-refractivity contribution is 5.79. The molecule has 0 spiro atoms. The van der Waals surface area contributed by atoms with Crippen LogP contribution < -0.4 is 9.64 Å². The first-order valence-corrected chi connectivity index (χ1v) is 8.25. The largest absolute Gasteiger partial charge is 0.495 e. The maximum atomic E-state index is 12.6. The van der Waals surface area contributed by atoms with Crippen LogP contribution in [0.1, 0.15) is 12.5 Å². The van der Waals surface area contributed by atoms with Crippen molar-refractivity contribution in [1.29, 1.82) is 0 Å². The highest BCUT2D eigenvalue weighted by Gasteiger charge is 2.28. The van der Waals surface area contributed by atoms with E-state index in [-0.39, 0.29) is 11.9 Å². The zero-order valence-corrected chi connectivity index (χ0v) is 14.2. The van der Waals surface area contributed by atoms with E-state index in [1.54, 1.807) is 19.5 Å². The maximum Gasteiger partial charge on any atom is 0.227 e. The Hall–Kier alpha value is -2.56. The fourth-order valence-electron chi connectivity index (χ4n) is 3.22. The zero-order chi connectivity index (χ0) is 16.9. The van der Waals surface area contributed by atoms with E-state index in [1.165, 1.54) is 0 Å². The second kappa shape index (κ2) is 7.34. The molecule has 1 unspecified atom stereocenters. The standard InChI is InChI=1S/C19H23N3O2/c1-15-14-21(17-7-3-4-8-18(17)24-2)10-11-22(15)19(23)12-16-6-5-9-20-13-16/h3-9,13,15H,10-12,14H2,1-2H3. The highest BCUT2D eigenvalue weighted by Crippen LogP contribution is 2.29. The van der Waals surface area contributed by atoms with Crippen molar-refractivity contribution in [2.45, 2.75) is 19.4 Å². The lowest BCUT2D eigenvalue weighted by molar-refractivity contribution is -0.132. The number of nitrogens with zero attached hydrogens (tertiary/aromatic N) is 3. The molecule has 1 amide bonds. The van der Waals surface area contributed by atoms with Crippen molar-refractivity contribution in [2.24, 2.45) is 0 Å². The molecule has 3 rings (SSSR count). The van der Waals surface area contributed by atoms with Crippen molar-refractivity contribution in [1.82, 2.24) is 9.88 Å². The fraction of sp³-hybridized carbons (Fsp3) is 0.368. The molecule has 0 saturated carbocycles. The number of methoxy groups -OCH3 is 1. The van der Waals surface area contributed by atoms with E-state index >= 15 is 0 Å². The van der Waals surface area contributed by atoms with E-state index in [1.807, 2.05) is 35.2 Å². The molecule has 1 aromatic carbocycles. The molecule has 1 aromatic heterocycles. The number of hydrogen-bond acceptors (Lipinski definition) is 4. The van der Waals surface area contributed by atoms with Gasteiger partial charge in [-0.1, -0.05) is 18.2 Å². The van der Waals surface area contributed by atoms with Gasteiger partial charge in [0.2, 0.25) is 5.91 Å². The molecule has 126 valence electrons. The number of amides is 1. The number of anilines is 1. The third-order valence-electron chi connectivity index (χ3n) is 4.45. The molecule has 0 N–H and O–H groups in total. The van der Waals surface area contributed by atoms with Crippen LogP contribution in [0.25, 0.3) is 0 Å². The van der Waals surface area contributed by atoms with Gasteiger partial charge in [-0.05, 0) is 30.7 Å². The lowest BCUT2D eigenvalue weighted by Gasteiger charge is -2.41. The first kappa shape index (κ1) is 16.3. The lowest BCUT2D eigenvalue weighted by Crippen LogP contribution is -2.54. The van der Waals surface area contributed by atoms with Crippen molar-refractivity contribution >= 4 is 11.6 Å². The van der Waals surface area contributed by atoms with E-state index in [0.29, 0.717) is 6.42 Å². The van der Waals surface area contributed by atoms with Crippen LogP contribution in [-0.4, -0.2) is 48.6 Å². The van der Waals surface area contributed by atoms with Crippen LogP contribution in [0.15, 0.2) is 48.8 Å². The summed E-state index contributed by atoms with van der Waals surface area (Å²) in [6, 6.07) is 12.0. The summed E-state index contributed by atoms with van der Waals surface area (Å²) >= 11 is 0. The Bertz CT molecular complexity index is 690. The van der Waals surface area contributed by atoms with Crippen LogP contribution in [0.2, 0.25) is 0 Å². The van der Waals surface area contributed by atoms with Crippen LogP contribution >= 0.6 is 0 Å². The van der Waals surface area contributed by atoms with Crippen LogP contribution in [0.5, 0.6) is 5.75 Å². The number of rotatable bonds is 4. The minimum atomic E-state index is 0.160. The van der Waals surface area contributed by atoms with Crippen LogP contribution in [-0.2, 0) is 11.2 Å². The van der Waals surface area contributed by atoms with Crippen LogP contribution in [0.3, 0.4) is 0 Å². The number of piperazine rings is 1. The molecule has 1 atom stereocenters. The monoisotopic (exact) mass is 325 g/mol. The van der Waals surface area contributed by atoms with Gasteiger partial charge in [0, 0.05) is 38.1 Å². The van der Waals surface area contributed by atoms with Crippen molar-refractivity contribution < 1.29 is 9.53 Å². The zero-order valence-electron chi connectivity index (χ0n) is 14.2. The maximum absolute atomic E-state index is 12.6. The van der Waals surface area contributed by atoms with Crippen LogP contribution in [0.4, 0.5) is 5.69 Å². The number of para-hydroxylation sites is 2. The summed E-state index contributed by atoms with van der Waals surface area (Å²) in [6.07, 6.45) is 3.89. The average Bonchev–Trinajstić information content (AvgIpc) is 2.62. The van der Waals surface area contributed by atoms with Gasteiger partial charge in [-0.2, -0.15) is 0 Å². The number of carbonyl (C=O) groups excluding carboxylic acids is 1. The second-order valence-electron chi connectivity index (χ2n) is 6.09. The topological polar surface area (TPSA) is 45.7 Å². The SMILES string of the molecule is COc1ccccc1N1CCN(C(=O)Cc2cccnc2)C(C)C1. The first-order valence-electron chi connectivity index (χ1n) is 8.25. The Labute approximate surface area is 142 Å². The highest BCUT2D eigenvalue weighted by atomic mass is 16.5. The minimum Gasteiger partial charge on any atom is -0.495 e.